The number of rotatable bonds is 7. The molecule has 2 N–H and O–H groups in total. The van der Waals surface area contributed by atoms with Crippen LogP contribution in [0.5, 0.6) is 0 Å². The molecule has 0 aliphatic rings. The van der Waals surface area contributed by atoms with Gasteiger partial charge in [0.15, 0.2) is 0 Å². The van der Waals surface area contributed by atoms with Gasteiger partial charge < -0.3 is 15.2 Å². The zero-order valence-electron chi connectivity index (χ0n) is 16.3. The number of amides is 1. The van der Waals surface area contributed by atoms with E-state index in [-0.39, 0.29) is 13.0 Å². The molecule has 0 radical (unpaired) electrons. The van der Waals surface area contributed by atoms with E-state index in [2.05, 4.69) is 5.32 Å². The summed E-state index contributed by atoms with van der Waals surface area (Å²) in [7, 11) is 0. The molecule has 3 aromatic rings. The Hall–Kier alpha value is -3.41. The van der Waals surface area contributed by atoms with Crippen LogP contribution in [0.4, 0.5) is 0 Å². The highest BCUT2D eigenvalue weighted by Gasteiger charge is 2.30. The second-order valence-corrected chi connectivity index (χ2v) is 6.97. The number of fused-ring (bicyclic) bond motifs is 2. The molecule has 6 heteroatoms. The van der Waals surface area contributed by atoms with Crippen molar-refractivity contribution in [2.24, 2.45) is 5.92 Å². The number of carboxylic acids is 1. The molecule has 0 saturated carbocycles. The summed E-state index contributed by atoms with van der Waals surface area (Å²) >= 11 is 0. The maximum Gasteiger partial charge on any atom is 0.326 e. The molecule has 150 valence electrons. The first-order chi connectivity index (χ1) is 13.9. The van der Waals surface area contributed by atoms with E-state index < -0.39 is 29.8 Å². The predicted molar refractivity (Wildman–Crippen MR) is 111 cm³/mol. The first-order valence-corrected chi connectivity index (χ1v) is 9.52. The number of carbonyl (C=O) groups excluding carboxylic acids is 2. The number of nitrogens with one attached hydrogen (secondary N) is 1. The van der Waals surface area contributed by atoms with Crippen LogP contribution in [0.2, 0.25) is 0 Å². The van der Waals surface area contributed by atoms with Gasteiger partial charge >= 0.3 is 11.9 Å². The third-order valence-corrected chi connectivity index (χ3v) is 4.91. The molecule has 3 aromatic carbocycles. The summed E-state index contributed by atoms with van der Waals surface area (Å²) in [5.74, 6) is -2.80. The molecule has 0 fully saturated rings. The summed E-state index contributed by atoms with van der Waals surface area (Å²) in [4.78, 5) is 36.8. The third-order valence-electron chi connectivity index (χ3n) is 4.91. The number of carboxylic acid groups (broad SMARTS) is 1. The van der Waals surface area contributed by atoms with Gasteiger partial charge in [0, 0.05) is 0 Å². The quantitative estimate of drug-likeness (QED) is 0.471. The fraction of sp³-hybridized carbons (Fsp3) is 0.261. The molecule has 29 heavy (non-hydrogen) atoms. The van der Waals surface area contributed by atoms with Crippen LogP contribution < -0.4 is 5.32 Å². The molecule has 1 amide bonds. The van der Waals surface area contributed by atoms with Crippen LogP contribution in [-0.4, -0.2) is 35.6 Å². The number of aliphatic carboxylic acids is 1. The molecule has 0 bridgehead atoms. The normalized spacial score (nSPS) is 13.0. The van der Waals surface area contributed by atoms with E-state index in [4.69, 9.17) is 4.74 Å². The van der Waals surface area contributed by atoms with Gasteiger partial charge in [0.25, 0.3) is 5.91 Å². The van der Waals surface area contributed by atoms with Crippen LogP contribution in [-0.2, 0) is 14.3 Å². The van der Waals surface area contributed by atoms with Gasteiger partial charge in [-0.3, -0.25) is 9.59 Å². The van der Waals surface area contributed by atoms with E-state index in [9.17, 15) is 19.5 Å². The Kier molecular flexibility index (Phi) is 6.12. The molecule has 3 rings (SSSR count). The van der Waals surface area contributed by atoms with Crippen molar-refractivity contribution < 1.29 is 24.2 Å². The molecule has 0 saturated heterocycles. The van der Waals surface area contributed by atoms with E-state index in [1.807, 2.05) is 54.6 Å². The van der Waals surface area contributed by atoms with Crippen LogP contribution in [0.1, 0.15) is 30.6 Å². The maximum absolute atomic E-state index is 13.2. The Morgan fingerprint density at radius 2 is 1.55 bits per heavy atom. The van der Waals surface area contributed by atoms with Gasteiger partial charge in [-0.1, -0.05) is 55.5 Å². The van der Waals surface area contributed by atoms with Crippen molar-refractivity contribution in [3.63, 3.8) is 0 Å². The van der Waals surface area contributed by atoms with Crippen molar-refractivity contribution >= 4 is 39.4 Å². The topological polar surface area (TPSA) is 92.7 Å². The lowest BCUT2D eigenvalue weighted by Gasteiger charge is -2.22. The van der Waals surface area contributed by atoms with Crippen LogP contribution in [0.15, 0.2) is 54.6 Å². The van der Waals surface area contributed by atoms with Gasteiger partial charge in [-0.25, -0.2) is 4.79 Å². The minimum Gasteiger partial charge on any atom is -0.480 e. The average Bonchev–Trinajstić information content (AvgIpc) is 2.69. The minimum absolute atomic E-state index is 0.0959. The van der Waals surface area contributed by atoms with Gasteiger partial charge in [-0.2, -0.15) is 0 Å². The SMILES string of the molecule is CCOC(=O)C[C@@H](C)[C@H](NC(=O)c1c2ccccc2cc2ccccc12)C(=O)O. The van der Waals surface area contributed by atoms with Gasteiger partial charge in [-0.05, 0) is 40.5 Å². The number of benzene rings is 3. The number of hydrogen-bond acceptors (Lipinski definition) is 4. The Morgan fingerprint density at radius 3 is 2.07 bits per heavy atom. The van der Waals surface area contributed by atoms with Gasteiger partial charge in [-0.15, -0.1) is 0 Å². The highest BCUT2D eigenvalue weighted by atomic mass is 16.5. The van der Waals surface area contributed by atoms with E-state index in [1.165, 1.54) is 0 Å². The van der Waals surface area contributed by atoms with Gasteiger partial charge in [0.1, 0.15) is 6.04 Å². The van der Waals surface area contributed by atoms with Crippen molar-refractivity contribution in [2.45, 2.75) is 26.3 Å². The molecule has 2 atom stereocenters. The van der Waals surface area contributed by atoms with Crippen molar-refractivity contribution in [3.05, 3.63) is 60.2 Å². The Morgan fingerprint density at radius 1 is 1.00 bits per heavy atom. The minimum atomic E-state index is -1.22. The molecule has 0 spiro atoms. The smallest absolute Gasteiger partial charge is 0.326 e. The summed E-state index contributed by atoms with van der Waals surface area (Å²) in [5, 5.41) is 15.5. The first-order valence-electron chi connectivity index (χ1n) is 9.52. The summed E-state index contributed by atoms with van der Waals surface area (Å²) in [6.45, 7) is 3.51. The first kappa shape index (κ1) is 20.3. The average molecular weight is 393 g/mol. The molecular formula is C23H23NO5. The number of hydrogen-bond donors (Lipinski definition) is 2. The number of carbonyl (C=O) groups is 3. The largest absolute Gasteiger partial charge is 0.480 e. The summed E-state index contributed by atoms with van der Waals surface area (Å²) in [6, 6.07) is 15.7. The van der Waals surface area contributed by atoms with Crippen LogP contribution in [0.25, 0.3) is 21.5 Å². The summed E-state index contributed by atoms with van der Waals surface area (Å²) in [5.41, 5.74) is 0.424. The van der Waals surface area contributed by atoms with Crippen molar-refractivity contribution in [1.82, 2.24) is 5.32 Å². The van der Waals surface area contributed by atoms with Gasteiger partial charge in [0.05, 0.1) is 18.6 Å². The lowest BCUT2D eigenvalue weighted by atomic mass is 9.94. The molecule has 0 heterocycles. The number of ether oxygens (including phenoxy) is 1. The van der Waals surface area contributed by atoms with Crippen molar-refractivity contribution in [2.75, 3.05) is 6.61 Å². The highest BCUT2D eigenvalue weighted by Crippen LogP contribution is 2.28. The fourth-order valence-electron chi connectivity index (χ4n) is 3.52. The Bertz CT molecular complexity index is 1020. The van der Waals surface area contributed by atoms with E-state index in [1.54, 1.807) is 13.8 Å². The van der Waals surface area contributed by atoms with E-state index in [0.717, 1.165) is 21.5 Å². The predicted octanol–water partition coefficient (Wildman–Crippen LogP) is 3.77. The monoisotopic (exact) mass is 393 g/mol. The second kappa shape index (κ2) is 8.73. The maximum atomic E-state index is 13.2. The van der Waals surface area contributed by atoms with E-state index in [0.29, 0.717) is 5.56 Å². The zero-order chi connectivity index (χ0) is 21.0. The lowest BCUT2D eigenvalue weighted by molar-refractivity contribution is -0.145. The molecule has 0 unspecified atom stereocenters. The Balaban J connectivity index is 1.99. The molecule has 6 nitrogen and oxygen atoms in total. The second-order valence-electron chi connectivity index (χ2n) is 6.97. The fourth-order valence-corrected chi connectivity index (χ4v) is 3.52. The van der Waals surface area contributed by atoms with Crippen molar-refractivity contribution in [1.29, 1.82) is 0 Å². The Labute approximate surface area is 168 Å². The highest BCUT2D eigenvalue weighted by molar-refractivity contribution is 6.18. The number of esters is 1. The zero-order valence-corrected chi connectivity index (χ0v) is 16.3. The summed E-state index contributed by atoms with van der Waals surface area (Å²) in [6.07, 6.45) is -0.0959. The molecule has 0 aromatic heterocycles. The lowest BCUT2D eigenvalue weighted by Crippen LogP contribution is -2.45. The van der Waals surface area contributed by atoms with Crippen LogP contribution in [0, 0.1) is 5.92 Å². The van der Waals surface area contributed by atoms with Gasteiger partial charge in [0.2, 0.25) is 0 Å². The third kappa shape index (κ3) is 4.37. The molecular weight excluding hydrogens is 370 g/mol. The molecule has 0 aliphatic heterocycles. The van der Waals surface area contributed by atoms with Crippen molar-refractivity contribution in [3.8, 4) is 0 Å². The van der Waals surface area contributed by atoms with E-state index >= 15 is 0 Å². The van der Waals surface area contributed by atoms with Crippen LogP contribution >= 0.6 is 0 Å². The standard InChI is InChI=1S/C23H23NO5/c1-3-29-19(25)12-14(2)21(23(27)28)24-22(26)20-17-10-6-4-8-15(17)13-16-9-5-7-11-18(16)20/h4-11,13-14,21H,3,12H2,1-2H3,(H,24,26)(H,27,28)/t14-,21+/m1/s1. The summed E-state index contributed by atoms with van der Waals surface area (Å²) < 4.78 is 4.90. The van der Waals surface area contributed by atoms with Crippen LogP contribution in [0.3, 0.4) is 0 Å². The molecule has 0 aliphatic carbocycles.